The standard InChI is InChI=1S/C16H22F2N2O2.ClH/c1-2-10-20(13-6-8-19-9-7-13)15(21)12-4-3-5-14(11-12)22-16(17)18;/h3-5,11,13,16,19H,2,6-10H2,1H3;1H. The van der Waals surface area contributed by atoms with Gasteiger partial charge in [-0.25, -0.2) is 0 Å². The van der Waals surface area contributed by atoms with Crippen molar-refractivity contribution in [3.8, 4) is 5.75 Å². The molecular formula is C16H23ClF2N2O2. The zero-order valence-corrected chi connectivity index (χ0v) is 14.0. The van der Waals surface area contributed by atoms with Crippen molar-refractivity contribution < 1.29 is 18.3 Å². The first-order valence-corrected chi connectivity index (χ1v) is 7.68. The second-order valence-electron chi connectivity index (χ2n) is 5.39. The predicted octanol–water partition coefficient (Wildman–Crippen LogP) is 3.31. The van der Waals surface area contributed by atoms with Crippen LogP contribution in [0.5, 0.6) is 5.75 Å². The lowest BCUT2D eigenvalue weighted by Gasteiger charge is -2.34. The number of alkyl halides is 2. The molecular weight excluding hydrogens is 326 g/mol. The molecule has 2 rings (SSSR count). The SMILES string of the molecule is CCCN(C(=O)c1cccc(OC(F)F)c1)C1CCNCC1.Cl. The molecule has 4 nitrogen and oxygen atoms in total. The maximum absolute atomic E-state index is 12.7. The summed E-state index contributed by atoms with van der Waals surface area (Å²) in [7, 11) is 0. The molecule has 1 N–H and O–H groups in total. The zero-order valence-electron chi connectivity index (χ0n) is 13.1. The van der Waals surface area contributed by atoms with Crippen molar-refractivity contribution in [2.45, 2.75) is 38.8 Å². The van der Waals surface area contributed by atoms with Gasteiger partial charge in [-0.3, -0.25) is 4.79 Å². The van der Waals surface area contributed by atoms with Gasteiger partial charge in [-0.1, -0.05) is 13.0 Å². The van der Waals surface area contributed by atoms with Crippen LogP contribution < -0.4 is 10.1 Å². The summed E-state index contributed by atoms with van der Waals surface area (Å²) in [6.45, 7) is 1.60. The number of benzene rings is 1. The van der Waals surface area contributed by atoms with Crippen LogP contribution in [0.25, 0.3) is 0 Å². The Morgan fingerprint density at radius 3 is 2.70 bits per heavy atom. The molecule has 1 saturated heterocycles. The largest absolute Gasteiger partial charge is 0.435 e. The van der Waals surface area contributed by atoms with E-state index in [1.54, 1.807) is 12.1 Å². The summed E-state index contributed by atoms with van der Waals surface area (Å²) in [5.74, 6) is -0.101. The fraction of sp³-hybridized carbons (Fsp3) is 0.562. The third-order valence-electron chi connectivity index (χ3n) is 3.78. The van der Waals surface area contributed by atoms with E-state index in [1.807, 2.05) is 11.8 Å². The molecule has 0 aliphatic carbocycles. The van der Waals surface area contributed by atoms with Crippen LogP contribution >= 0.6 is 12.4 Å². The maximum atomic E-state index is 12.7. The molecule has 1 aromatic carbocycles. The van der Waals surface area contributed by atoms with E-state index in [0.717, 1.165) is 32.4 Å². The van der Waals surface area contributed by atoms with Crippen molar-refractivity contribution in [2.24, 2.45) is 0 Å². The first kappa shape index (κ1) is 19.6. The number of hydrogen-bond donors (Lipinski definition) is 1. The molecule has 1 amide bonds. The van der Waals surface area contributed by atoms with E-state index in [-0.39, 0.29) is 30.1 Å². The Balaban J connectivity index is 0.00000264. The van der Waals surface area contributed by atoms with Crippen molar-refractivity contribution in [3.05, 3.63) is 29.8 Å². The third-order valence-corrected chi connectivity index (χ3v) is 3.78. The Labute approximate surface area is 141 Å². The Kier molecular flexibility index (Phi) is 8.26. The van der Waals surface area contributed by atoms with Crippen LogP contribution in [0.3, 0.4) is 0 Å². The number of rotatable bonds is 6. The fourth-order valence-electron chi connectivity index (χ4n) is 2.78. The molecule has 0 radical (unpaired) electrons. The highest BCUT2D eigenvalue weighted by Crippen LogP contribution is 2.20. The van der Waals surface area contributed by atoms with Crippen LogP contribution in [0.2, 0.25) is 0 Å². The topological polar surface area (TPSA) is 41.6 Å². The fourth-order valence-corrected chi connectivity index (χ4v) is 2.78. The highest BCUT2D eigenvalue weighted by molar-refractivity contribution is 5.94. The minimum absolute atomic E-state index is 0. The first-order valence-electron chi connectivity index (χ1n) is 7.68. The molecule has 130 valence electrons. The van der Waals surface area contributed by atoms with Crippen LogP contribution in [0.4, 0.5) is 8.78 Å². The monoisotopic (exact) mass is 348 g/mol. The van der Waals surface area contributed by atoms with E-state index in [0.29, 0.717) is 12.1 Å². The summed E-state index contributed by atoms with van der Waals surface area (Å²) >= 11 is 0. The van der Waals surface area contributed by atoms with E-state index in [2.05, 4.69) is 10.1 Å². The number of piperidine rings is 1. The van der Waals surface area contributed by atoms with E-state index < -0.39 is 6.61 Å². The molecule has 0 atom stereocenters. The summed E-state index contributed by atoms with van der Waals surface area (Å²) < 4.78 is 29.0. The van der Waals surface area contributed by atoms with Gasteiger partial charge >= 0.3 is 6.61 Å². The Bertz CT molecular complexity index is 497. The van der Waals surface area contributed by atoms with Crippen molar-refractivity contribution >= 4 is 18.3 Å². The van der Waals surface area contributed by atoms with Gasteiger partial charge in [0.2, 0.25) is 0 Å². The molecule has 1 aliphatic heterocycles. The Morgan fingerprint density at radius 2 is 2.09 bits per heavy atom. The first-order chi connectivity index (χ1) is 10.6. The van der Waals surface area contributed by atoms with Crippen LogP contribution in [-0.2, 0) is 0 Å². The maximum Gasteiger partial charge on any atom is 0.387 e. The quantitative estimate of drug-likeness (QED) is 0.857. The molecule has 1 heterocycles. The van der Waals surface area contributed by atoms with Gasteiger partial charge in [0, 0.05) is 18.2 Å². The number of carbonyl (C=O) groups is 1. The summed E-state index contributed by atoms with van der Waals surface area (Å²) in [5.41, 5.74) is 0.394. The number of nitrogens with one attached hydrogen (secondary N) is 1. The number of amides is 1. The lowest BCUT2D eigenvalue weighted by atomic mass is 10.0. The number of ether oxygens (including phenoxy) is 1. The van der Waals surface area contributed by atoms with Crippen LogP contribution in [-0.4, -0.2) is 43.1 Å². The molecule has 0 bridgehead atoms. The second kappa shape index (κ2) is 9.67. The van der Waals surface area contributed by atoms with Crippen molar-refractivity contribution in [1.82, 2.24) is 10.2 Å². The van der Waals surface area contributed by atoms with Gasteiger partial charge in [0.25, 0.3) is 5.91 Å². The molecule has 1 aromatic rings. The van der Waals surface area contributed by atoms with Crippen molar-refractivity contribution in [2.75, 3.05) is 19.6 Å². The predicted molar refractivity (Wildman–Crippen MR) is 87.5 cm³/mol. The number of halogens is 3. The van der Waals surface area contributed by atoms with Gasteiger partial charge in [-0.05, 0) is 50.6 Å². The molecule has 7 heteroatoms. The van der Waals surface area contributed by atoms with E-state index in [1.165, 1.54) is 12.1 Å². The lowest BCUT2D eigenvalue weighted by molar-refractivity contribution is -0.0499. The smallest absolute Gasteiger partial charge is 0.387 e. The normalized spacial score (nSPS) is 15.1. The summed E-state index contributed by atoms with van der Waals surface area (Å²) in [5, 5.41) is 3.28. The second-order valence-corrected chi connectivity index (χ2v) is 5.39. The summed E-state index contributed by atoms with van der Waals surface area (Å²) in [4.78, 5) is 14.6. The third kappa shape index (κ3) is 5.62. The molecule has 1 aliphatic rings. The average Bonchev–Trinajstić information content (AvgIpc) is 2.52. The number of hydrogen-bond acceptors (Lipinski definition) is 3. The molecule has 0 saturated carbocycles. The lowest BCUT2D eigenvalue weighted by Crippen LogP contribution is -2.46. The van der Waals surface area contributed by atoms with Crippen LogP contribution in [0, 0.1) is 0 Å². The van der Waals surface area contributed by atoms with E-state index in [9.17, 15) is 13.6 Å². The Morgan fingerprint density at radius 1 is 1.39 bits per heavy atom. The minimum Gasteiger partial charge on any atom is -0.435 e. The number of nitrogens with zero attached hydrogens (tertiary/aromatic N) is 1. The van der Waals surface area contributed by atoms with Crippen LogP contribution in [0.15, 0.2) is 24.3 Å². The van der Waals surface area contributed by atoms with Crippen LogP contribution in [0.1, 0.15) is 36.5 Å². The molecule has 0 aromatic heterocycles. The highest BCUT2D eigenvalue weighted by atomic mass is 35.5. The summed E-state index contributed by atoms with van der Waals surface area (Å²) in [6, 6.07) is 6.23. The molecule has 23 heavy (non-hydrogen) atoms. The van der Waals surface area contributed by atoms with Gasteiger partial charge < -0.3 is 15.0 Å². The Hall–Kier alpha value is -1.40. The summed E-state index contributed by atoms with van der Waals surface area (Å²) in [6.07, 6.45) is 2.70. The van der Waals surface area contributed by atoms with E-state index >= 15 is 0 Å². The van der Waals surface area contributed by atoms with Gasteiger partial charge in [0.1, 0.15) is 5.75 Å². The zero-order chi connectivity index (χ0) is 15.9. The van der Waals surface area contributed by atoms with Gasteiger partial charge in [0.05, 0.1) is 0 Å². The molecule has 0 spiro atoms. The van der Waals surface area contributed by atoms with Gasteiger partial charge in [-0.15, -0.1) is 12.4 Å². The molecule has 0 unspecified atom stereocenters. The number of carbonyl (C=O) groups excluding carboxylic acids is 1. The van der Waals surface area contributed by atoms with Crippen molar-refractivity contribution in [3.63, 3.8) is 0 Å². The highest BCUT2D eigenvalue weighted by Gasteiger charge is 2.25. The average molecular weight is 349 g/mol. The van der Waals surface area contributed by atoms with Crippen molar-refractivity contribution in [1.29, 1.82) is 0 Å². The van der Waals surface area contributed by atoms with Gasteiger partial charge in [0.15, 0.2) is 0 Å². The van der Waals surface area contributed by atoms with Gasteiger partial charge in [-0.2, -0.15) is 8.78 Å². The van der Waals surface area contributed by atoms with E-state index in [4.69, 9.17) is 0 Å². The minimum atomic E-state index is -2.89. The molecule has 1 fully saturated rings.